The predicted molar refractivity (Wildman–Crippen MR) is 108 cm³/mol. The van der Waals surface area contributed by atoms with Crippen molar-refractivity contribution in [2.24, 2.45) is 0 Å². The van der Waals surface area contributed by atoms with Gasteiger partial charge in [-0.05, 0) is 43.8 Å². The van der Waals surface area contributed by atoms with Gasteiger partial charge in [0.15, 0.2) is 0 Å². The molecular formula is C19H19F3N4O3S. The zero-order chi connectivity index (χ0) is 22.1. The number of alkyl halides is 3. The van der Waals surface area contributed by atoms with E-state index in [1.165, 1.54) is 13.1 Å². The summed E-state index contributed by atoms with van der Waals surface area (Å²) in [6.07, 6.45) is -4.60. The van der Waals surface area contributed by atoms with Crippen LogP contribution in [0.5, 0.6) is 0 Å². The molecule has 30 heavy (non-hydrogen) atoms. The molecule has 0 spiro atoms. The van der Waals surface area contributed by atoms with Gasteiger partial charge in [0.2, 0.25) is 10.0 Å². The van der Waals surface area contributed by atoms with Gasteiger partial charge >= 0.3 is 11.9 Å². The third-order valence-corrected chi connectivity index (χ3v) is 5.91. The molecule has 160 valence electrons. The monoisotopic (exact) mass is 440 g/mol. The number of sulfonamides is 1. The molecule has 11 heteroatoms. The molecule has 2 N–H and O–H groups in total. The first kappa shape index (κ1) is 21.8. The largest absolute Gasteiger partial charge is 0.416 e. The molecule has 7 nitrogen and oxygen atoms in total. The van der Waals surface area contributed by atoms with Crippen LogP contribution in [0.3, 0.4) is 0 Å². The maximum Gasteiger partial charge on any atom is 0.416 e. The number of para-hydroxylation sites is 1. The van der Waals surface area contributed by atoms with E-state index in [2.05, 4.69) is 15.0 Å². The summed E-state index contributed by atoms with van der Waals surface area (Å²) in [6, 6.07) is 9.77. The van der Waals surface area contributed by atoms with Crippen LogP contribution >= 0.6 is 0 Å². The Balaban J connectivity index is 2.21. The van der Waals surface area contributed by atoms with Crippen LogP contribution in [0.2, 0.25) is 0 Å². The summed E-state index contributed by atoms with van der Waals surface area (Å²) in [5.74, 6) is -0.284. The minimum absolute atomic E-state index is 0.0121. The quantitative estimate of drug-likeness (QED) is 0.615. The van der Waals surface area contributed by atoms with E-state index < -0.39 is 27.5 Å². The molecule has 0 atom stereocenters. The Morgan fingerprint density at radius 1 is 1.13 bits per heavy atom. The minimum Gasteiger partial charge on any atom is -0.368 e. The number of aryl methyl sites for hydroxylation is 1. The molecule has 0 aliphatic carbocycles. The van der Waals surface area contributed by atoms with Gasteiger partial charge in [-0.1, -0.05) is 18.2 Å². The second-order valence-corrected chi connectivity index (χ2v) is 8.59. The Hall–Kier alpha value is -2.92. The molecule has 0 fully saturated rings. The molecule has 0 amide bonds. The SMILES string of the molecule is CNS(=O)(=O)CCNc1nc(=O)n(-c2ccccc2C)c2cc(C(F)(F)F)ccc12. The fourth-order valence-corrected chi connectivity index (χ4v) is 3.56. The van der Waals surface area contributed by atoms with Crippen LogP contribution < -0.4 is 15.7 Å². The van der Waals surface area contributed by atoms with Crippen molar-refractivity contribution in [2.45, 2.75) is 13.1 Å². The summed E-state index contributed by atoms with van der Waals surface area (Å²) < 4.78 is 66.4. The highest BCUT2D eigenvalue weighted by molar-refractivity contribution is 7.89. The van der Waals surface area contributed by atoms with Crippen LogP contribution in [-0.2, 0) is 16.2 Å². The molecule has 0 saturated carbocycles. The molecule has 2 aromatic carbocycles. The van der Waals surface area contributed by atoms with E-state index in [4.69, 9.17) is 0 Å². The lowest BCUT2D eigenvalue weighted by Gasteiger charge is -2.17. The van der Waals surface area contributed by atoms with Gasteiger partial charge < -0.3 is 5.32 Å². The minimum atomic E-state index is -4.60. The Morgan fingerprint density at radius 2 is 1.83 bits per heavy atom. The Labute approximate surface area is 170 Å². The molecule has 0 saturated heterocycles. The number of nitrogens with one attached hydrogen (secondary N) is 2. The molecule has 3 aromatic rings. The van der Waals surface area contributed by atoms with E-state index in [9.17, 15) is 26.4 Å². The van der Waals surface area contributed by atoms with Crippen molar-refractivity contribution in [3.63, 3.8) is 0 Å². The summed E-state index contributed by atoms with van der Waals surface area (Å²) in [6.45, 7) is 1.65. The van der Waals surface area contributed by atoms with Gasteiger partial charge in [0.05, 0.1) is 22.5 Å². The Kier molecular flexibility index (Phi) is 5.86. The predicted octanol–water partition coefficient (Wildman–Crippen LogP) is 2.67. The first-order chi connectivity index (χ1) is 14.0. The van der Waals surface area contributed by atoms with Crippen molar-refractivity contribution >= 4 is 26.7 Å². The average molecular weight is 440 g/mol. The number of benzene rings is 2. The van der Waals surface area contributed by atoms with Gasteiger partial charge in [-0.2, -0.15) is 18.2 Å². The number of halogens is 3. The molecule has 1 heterocycles. The number of fused-ring (bicyclic) bond motifs is 1. The van der Waals surface area contributed by atoms with Gasteiger partial charge in [-0.15, -0.1) is 0 Å². The van der Waals surface area contributed by atoms with Gasteiger partial charge in [0.1, 0.15) is 5.82 Å². The van der Waals surface area contributed by atoms with Crippen LogP contribution in [0.1, 0.15) is 11.1 Å². The summed E-state index contributed by atoms with van der Waals surface area (Å²) in [5, 5.41) is 3.00. The standard InChI is InChI=1S/C19H19F3N4O3S/c1-12-5-3-4-6-15(12)26-16-11-13(19(20,21)22)7-8-14(16)17(25-18(26)27)24-9-10-30(28,29)23-2/h3-8,11,23H,9-10H2,1-2H3,(H,24,25,27). The maximum absolute atomic E-state index is 13.3. The second kappa shape index (κ2) is 8.07. The lowest BCUT2D eigenvalue weighted by Crippen LogP contribution is -2.28. The van der Waals surface area contributed by atoms with Crippen molar-refractivity contribution in [1.82, 2.24) is 14.3 Å². The van der Waals surface area contributed by atoms with Gasteiger partial charge in [0.25, 0.3) is 0 Å². The molecule has 1 aromatic heterocycles. The van der Waals surface area contributed by atoms with Gasteiger partial charge in [-0.25, -0.2) is 17.9 Å². The summed E-state index contributed by atoms with van der Waals surface area (Å²) in [7, 11) is -2.24. The van der Waals surface area contributed by atoms with E-state index in [-0.39, 0.29) is 29.0 Å². The molecule has 0 radical (unpaired) electrons. The van der Waals surface area contributed by atoms with Crippen molar-refractivity contribution in [2.75, 3.05) is 24.7 Å². The van der Waals surface area contributed by atoms with Crippen molar-refractivity contribution in [3.8, 4) is 5.69 Å². The molecule has 0 bridgehead atoms. The topological polar surface area (TPSA) is 93.1 Å². The van der Waals surface area contributed by atoms with Crippen LogP contribution in [0.25, 0.3) is 16.6 Å². The maximum atomic E-state index is 13.3. The van der Waals surface area contributed by atoms with E-state index >= 15 is 0 Å². The molecule has 0 aliphatic rings. The number of anilines is 1. The molecule has 0 unspecified atom stereocenters. The van der Waals surface area contributed by atoms with Crippen molar-refractivity contribution < 1.29 is 21.6 Å². The fraction of sp³-hybridized carbons (Fsp3) is 0.263. The number of rotatable bonds is 6. The van der Waals surface area contributed by atoms with E-state index in [1.54, 1.807) is 31.2 Å². The van der Waals surface area contributed by atoms with Crippen LogP contribution in [0, 0.1) is 6.92 Å². The normalized spacial score (nSPS) is 12.3. The molecular weight excluding hydrogens is 421 g/mol. The number of aromatic nitrogens is 2. The van der Waals surface area contributed by atoms with E-state index in [0.717, 1.165) is 16.7 Å². The summed E-state index contributed by atoms with van der Waals surface area (Å²) in [5.41, 5.74) is -0.593. The highest BCUT2D eigenvalue weighted by Crippen LogP contribution is 2.33. The third-order valence-electron chi connectivity index (χ3n) is 4.55. The Morgan fingerprint density at radius 3 is 2.47 bits per heavy atom. The van der Waals surface area contributed by atoms with E-state index in [0.29, 0.717) is 11.3 Å². The highest BCUT2D eigenvalue weighted by Gasteiger charge is 2.31. The van der Waals surface area contributed by atoms with Crippen LogP contribution in [-0.4, -0.2) is 37.3 Å². The first-order valence-corrected chi connectivity index (χ1v) is 10.5. The first-order valence-electron chi connectivity index (χ1n) is 8.88. The van der Waals surface area contributed by atoms with Crippen LogP contribution in [0.4, 0.5) is 19.0 Å². The average Bonchev–Trinajstić information content (AvgIpc) is 2.68. The zero-order valence-corrected chi connectivity index (χ0v) is 16.9. The number of hydrogen-bond donors (Lipinski definition) is 2. The van der Waals surface area contributed by atoms with Gasteiger partial charge in [0, 0.05) is 11.9 Å². The third kappa shape index (κ3) is 4.46. The lowest BCUT2D eigenvalue weighted by molar-refractivity contribution is -0.137. The zero-order valence-electron chi connectivity index (χ0n) is 16.1. The smallest absolute Gasteiger partial charge is 0.368 e. The molecule has 0 aliphatic heterocycles. The highest BCUT2D eigenvalue weighted by atomic mass is 32.2. The number of hydrogen-bond acceptors (Lipinski definition) is 5. The fourth-order valence-electron chi connectivity index (χ4n) is 2.99. The van der Waals surface area contributed by atoms with Gasteiger partial charge in [-0.3, -0.25) is 4.57 Å². The second-order valence-electron chi connectivity index (χ2n) is 6.54. The lowest BCUT2D eigenvalue weighted by atomic mass is 10.1. The van der Waals surface area contributed by atoms with Crippen LogP contribution in [0.15, 0.2) is 47.3 Å². The summed E-state index contributed by atoms with van der Waals surface area (Å²) in [4.78, 5) is 16.7. The Bertz CT molecular complexity index is 1250. The molecule has 3 rings (SSSR count). The van der Waals surface area contributed by atoms with Crippen molar-refractivity contribution in [1.29, 1.82) is 0 Å². The number of nitrogens with zero attached hydrogens (tertiary/aromatic N) is 2. The summed E-state index contributed by atoms with van der Waals surface area (Å²) >= 11 is 0. The van der Waals surface area contributed by atoms with E-state index in [1.807, 2.05) is 0 Å². The van der Waals surface area contributed by atoms with Crippen molar-refractivity contribution in [3.05, 3.63) is 64.1 Å².